The molecule has 3 nitrogen and oxygen atoms in total. The molecule has 84 valence electrons. The third-order valence-corrected chi connectivity index (χ3v) is 3.51. The minimum absolute atomic E-state index is 0. The number of piperidine rings is 1. The number of thioether (sulfide) groups is 1. The van der Waals surface area contributed by atoms with Crippen molar-refractivity contribution in [1.29, 1.82) is 0 Å². The van der Waals surface area contributed by atoms with Crippen LogP contribution in [0.25, 0.3) is 0 Å². The molecule has 1 unspecified atom stereocenters. The first-order chi connectivity index (χ1) is 6.84. The minimum Gasteiger partial charge on any atom is -0.316 e. The standard InChI is InChI=1S/C10H15N3S.ClH/c1-8-4-5-10(13-12-8)14-9-3-2-6-11-7-9;/h4-5,9,11H,2-3,6-7H2,1H3;1H. The molecule has 1 saturated heterocycles. The molecule has 15 heavy (non-hydrogen) atoms. The van der Waals surface area contributed by atoms with E-state index in [4.69, 9.17) is 0 Å². The van der Waals surface area contributed by atoms with Crippen molar-refractivity contribution in [2.45, 2.75) is 30.0 Å². The van der Waals surface area contributed by atoms with Crippen molar-refractivity contribution in [2.75, 3.05) is 13.1 Å². The number of aryl methyl sites for hydroxylation is 1. The molecule has 0 aromatic carbocycles. The summed E-state index contributed by atoms with van der Waals surface area (Å²) in [7, 11) is 0. The molecule has 0 amide bonds. The molecular formula is C10H16ClN3S. The highest BCUT2D eigenvalue weighted by molar-refractivity contribution is 7.99. The summed E-state index contributed by atoms with van der Waals surface area (Å²) in [6.07, 6.45) is 2.56. The van der Waals surface area contributed by atoms with Gasteiger partial charge in [0.15, 0.2) is 0 Å². The molecule has 2 rings (SSSR count). The highest BCUT2D eigenvalue weighted by Gasteiger charge is 2.14. The average Bonchev–Trinajstić information content (AvgIpc) is 2.23. The van der Waals surface area contributed by atoms with E-state index < -0.39 is 0 Å². The summed E-state index contributed by atoms with van der Waals surface area (Å²) in [6.45, 7) is 4.22. The maximum absolute atomic E-state index is 4.16. The summed E-state index contributed by atoms with van der Waals surface area (Å²) in [5.74, 6) is 0. The molecule has 1 aliphatic heterocycles. The highest BCUT2D eigenvalue weighted by Crippen LogP contribution is 2.24. The lowest BCUT2D eigenvalue weighted by Gasteiger charge is -2.21. The van der Waals surface area contributed by atoms with Gasteiger partial charge in [-0.25, -0.2) is 0 Å². The van der Waals surface area contributed by atoms with E-state index in [0.717, 1.165) is 23.8 Å². The van der Waals surface area contributed by atoms with Gasteiger partial charge in [-0.1, -0.05) is 11.8 Å². The summed E-state index contributed by atoms with van der Waals surface area (Å²) in [4.78, 5) is 0. The fraction of sp³-hybridized carbons (Fsp3) is 0.600. The van der Waals surface area contributed by atoms with Gasteiger partial charge in [0.2, 0.25) is 0 Å². The molecule has 0 saturated carbocycles. The van der Waals surface area contributed by atoms with E-state index in [0.29, 0.717) is 5.25 Å². The van der Waals surface area contributed by atoms with E-state index in [1.807, 2.05) is 24.8 Å². The van der Waals surface area contributed by atoms with Crippen LogP contribution in [0.3, 0.4) is 0 Å². The highest BCUT2D eigenvalue weighted by atomic mass is 35.5. The molecule has 0 radical (unpaired) electrons. The van der Waals surface area contributed by atoms with Crippen molar-refractivity contribution in [3.05, 3.63) is 17.8 Å². The van der Waals surface area contributed by atoms with Gasteiger partial charge in [-0.2, -0.15) is 5.10 Å². The summed E-state index contributed by atoms with van der Waals surface area (Å²) in [6, 6.07) is 4.08. The summed E-state index contributed by atoms with van der Waals surface area (Å²) >= 11 is 1.84. The lowest BCUT2D eigenvalue weighted by Crippen LogP contribution is -2.31. The van der Waals surface area contributed by atoms with Gasteiger partial charge in [-0.3, -0.25) is 0 Å². The number of hydrogen-bond acceptors (Lipinski definition) is 4. The van der Waals surface area contributed by atoms with Crippen LogP contribution in [0.15, 0.2) is 17.2 Å². The van der Waals surface area contributed by atoms with Crippen LogP contribution in [0.5, 0.6) is 0 Å². The normalized spacial score (nSPS) is 20.7. The number of halogens is 1. The number of rotatable bonds is 2. The smallest absolute Gasteiger partial charge is 0.119 e. The Kier molecular flexibility index (Phi) is 5.36. The van der Waals surface area contributed by atoms with Crippen LogP contribution in [0.1, 0.15) is 18.5 Å². The molecule has 0 spiro atoms. The van der Waals surface area contributed by atoms with Gasteiger partial charge in [0, 0.05) is 11.8 Å². The first-order valence-corrected chi connectivity index (χ1v) is 5.90. The number of nitrogens with one attached hydrogen (secondary N) is 1. The van der Waals surface area contributed by atoms with Crippen molar-refractivity contribution < 1.29 is 0 Å². The summed E-state index contributed by atoms with van der Waals surface area (Å²) in [5, 5.41) is 13.3. The van der Waals surface area contributed by atoms with Crippen LogP contribution in [-0.2, 0) is 0 Å². The van der Waals surface area contributed by atoms with Gasteiger partial charge >= 0.3 is 0 Å². The van der Waals surface area contributed by atoms with E-state index in [-0.39, 0.29) is 12.4 Å². The van der Waals surface area contributed by atoms with Gasteiger partial charge in [0.05, 0.1) is 5.69 Å². The van der Waals surface area contributed by atoms with Gasteiger partial charge in [-0.05, 0) is 38.4 Å². The quantitative estimate of drug-likeness (QED) is 0.866. The van der Waals surface area contributed by atoms with E-state index in [1.165, 1.54) is 12.8 Å². The van der Waals surface area contributed by atoms with Crippen LogP contribution in [0.2, 0.25) is 0 Å². The molecule has 0 aliphatic carbocycles. The Labute approximate surface area is 101 Å². The van der Waals surface area contributed by atoms with E-state index in [1.54, 1.807) is 0 Å². The molecule has 0 bridgehead atoms. The molecule has 5 heteroatoms. The second-order valence-corrected chi connectivity index (χ2v) is 4.92. The molecular weight excluding hydrogens is 230 g/mol. The monoisotopic (exact) mass is 245 g/mol. The molecule has 1 N–H and O–H groups in total. The van der Waals surface area contributed by atoms with Gasteiger partial charge in [0.25, 0.3) is 0 Å². The Morgan fingerprint density at radius 2 is 2.27 bits per heavy atom. The third kappa shape index (κ3) is 3.97. The fourth-order valence-corrected chi connectivity index (χ4v) is 2.60. The Morgan fingerprint density at radius 1 is 1.40 bits per heavy atom. The maximum atomic E-state index is 4.16. The Bertz CT molecular complexity index is 285. The topological polar surface area (TPSA) is 37.8 Å². The van der Waals surface area contributed by atoms with E-state index in [2.05, 4.69) is 21.6 Å². The van der Waals surface area contributed by atoms with Crippen LogP contribution >= 0.6 is 24.2 Å². The molecule has 2 heterocycles. The number of hydrogen-bond donors (Lipinski definition) is 1. The van der Waals surface area contributed by atoms with Crippen molar-refractivity contribution in [2.24, 2.45) is 0 Å². The van der Waals surface area contributed by atoms with Gasteiger partial charge in [0.1, 0.15) is 5.03 Å². The third-order valence-electron chi connectivity index (χ3n) is 2.31. The Balaban J connectivity index is 0.00000112. The van der Waals surface area contributed by atoms with Crippen LogP contribution in [-0.4, -0.2) is 28.5 Å². The molecule has 1 fully saturated rings. The fourth-order valence-electron chi connectivity index (χ4n) is 1.54. The molecule has 1 aromatic rings. The van der Waals surface area contributed by atoms with Gasteiger partial charge < -0.3 is 5.32 Å². The lowest BCUT2D eigenvalue weighted by molar-refractivity contribution is 0.531. The van der Waals surface area contributed by atoms with Crippen molar-refractivity contribution in [3.63, 3.8) is 0 Å². The van der Waals surface area contributed by atoms with Crippen molar-refractivity contribution >= 4 is 24.2 Å². The molecule has 1 aromatic heterocycles. The Hall–Kier alpha value is -0.320. The second-order valence-electron chi connectivity index (χ2n) is 3.60. The Morgan fingerprint density at radius 3 is 2.87 bits per heavy atom. The largest absolute Gasteiger partial charge is 0.316 e. The zero-order chi connectivity index (χ0) is 9.80. The molecule has 1 aliphatic rings. The first-order valence-electron chi connectivity index (χ1n) is 5.02. The SMILES string of the molecule is Cc1ccc(SC2CCCNC2)nn1.Cl. The van der Waals surface area contributed by atoms with Crippen molar-refractivity contribution in [3.8, 4) is 0 Å². The second kappa shape index (κ2) is 6.30. The van der Waals surface area contributed by atoms with E-state index in [9.17, 15) is 0 Å². The first kappa shape index (κ1) is 12.7. The predicted octanol–water partition coefficient (Wildman–Crippen LogP) is 2.05. The van der Waals surface area contributed by atoms with Crippen LogP contribution in [0.4, 0.5) is 0 Å². The minimum atomic E-state index is 0. The van der Waals surface area contributed by atoms with E-state index >= 15 is 0 Å². The summed E-state index contributed by atoms with van der Waals surface area (Å²) < 4.78 is 0. The number of nitrogens with zero attached hydrogens (tertiary/aromatic N) is 2. The molecule has 1 atom stereocenters. The summed E-state index contributed by atoms with van der Waals surface area (Å²) in [5.41, 5.74) is 0.983. The lowest BCUT2D eigenvalue weighted by atomic mass is 10.2. The van der Waals surface area contributed by atoms with Crippen LogP contribution < -0.4 is 5.32 Å². The van der Waals surface area contributed by atoms with Crippen molar-refractivity contribution in [1.82, 2.24) is 15.5 Å². The van der Waals surface area contributed by atoms with Gasteiger partial charge in [-0.15, -0.1) is 17.5 Å². The van der Waals surface area contributed by atoms with Crippen LogP contribution in [0, 0.1) is 6.92 Å². The maximum Gasteiger partial charge on any atom is 0.119 e. The number of aromatic nitrogens is 2. The average molecular weight is 246 g/mol. The zero-order valence-electron chi connectivity index (χ0n) is 8.77. The predicted molar refractivity (Wildman–Crippen MR) is 65.8 cm³/mol. The zero-order valence-corrected chi connectivity index (χ0v) is 10.4.